The summed E-state index contributed by atoms with van der Waals surface area (Å²) >= 11 is 15.7. The van der Waals surface area contributed by atoms with Crippen molar-refractivity contribution >= 4 is 99.3 Å². The molecule has 2 aliphatic heterocycles. The third kappa shape index (κ3) is 8.67. The number of fused-ring (bicyclic) bond motifs is 2. The zero-order valence-electron chi connectivity index (χ0n) is 32.7. The largest absolute Gasteiger partial charge is 0.344 e. The predicted octanol–water partition coefficient (Wildman–Crippen LogP) is 12.1. The number of nitrogens with zero attached hydrogens (tertiary/aromatic N) is 6. The molecule has 3 heterocycles. The van der Waals surface area contributed by atoms with E-state index in [2.05, 4.69) is 196 Å². The molecule has 0 saturated carbocycles. The van der Waals surface area contributed by atoms with Crippen molar-refractivity contribution in [3.05, 3.63) is 131 Å². The normalized spacial score (nSPS) is 18.9. The Morgan fingerprint density at radius 1 is 0.821 bits per heavy atom. The molecule has 0 radical (unpaired) electrons. The van der Waals surface area contributed by atoms with Crippen molar-refractivity contribution in [2.75, 3.05) is 29.5 Å². The molecule has 4 aromatic rings. The Bertz CT molecular complexity index is 2230. The van der Waals surface area contributed by atoms with Crippen LogP contribution in [0.15, 0.2) is 118 Å². The van der Waals surface area contributed by atoms with Crippen molar-refractivity contribution in [3.63, 3.8) is 0 Å². The Hall–Kier alpha value is -2.33. The first-order chi connectivity index (χ1) is 27.0. The first-order valence-corrected chi connectivity index (χ1v) is 23.9. The average molecular weight is 1030 g/mol. The number of tetrazole rings is 1. The van der Waals surface area contributed by atoms with E-state index < -0.39 is 0 Å². The zero-order valence-corrected chi connectivity index (χ0v) is 39.6. The molecule has 1 aliphatic carbocycles. The highest BCUT2D eigenvalue weighted by molar-refractivity contribution is 14.1. The Balaban J connectivity index is 1.34. The highest BCUT2D eigenvalue weighted by Crippen LogP contribution is 2.49. The summed E-state index contributed by atoms with van der Waals surface area (Å²) in [5.74, 6) is 1.80. The van der Waals surface area contributed by atoms with Crippen LogP contribution in [0, 0.1) is 7.14 Å². The minimum atomic E-state index is -0.131. The third-order valence-corrected chi connectivity index (χ3v) is 14.4. The van der Waals surface area contributed by atoms with Crippen molar-refractivity contribution in [3.8, 4) is 5.69 Å². The molecule has 0 bridgehead atoms. The van der Waals surface area contributed by atoms with Crippen LogP contribution in [0.3, 0.4) is 0 Å². The summed E-state index contributed by atoms with van der Waals surface area (Å²) in [4.78, 5) is 3.80. The average Bonchev–Trinajstić information content (AvgIpc) is 3.79. The molecule has 3 aliphatic rings. The van der Waals surface area contributed by atoms with E-state index in [4.69, 9.17) is 0 Å². The van der Waals surface area contributed by atoms with Gasteiger partial charge >= 0.3 is 0 Å². The van der Waals surface area contributed by atoms with Gasteiger partial charge in [-0.1, -0.05) is 44.2 Å². The fourth-order valence-corrected chi connectivity index (χ4v) is 10.8. The molecule has 0 N–H and O–H groups in total. The second-order valence-electron chi connectivity index (χ2n) is 15.7. The molecule has 11 heteroatoms. The third-order valence-electron chi connectivity index (χ3n) is 11.3. The van der Waals surface area contributed by atoms with E-state index in [0.717, 1.165) is 80.4 Å². The van der Waals surface area contributed by atoms with E-state index in [-0.39, 0.29) is 10.8 Å². The summed E-state index contributed by atoms with van der Waals surface area (Å²) in [6, 6.07) is 24.0. The molecule has 7 rings (SSSR count). The lowest BCUT2D eigenvalue weighted by Gasteiger charge is -2.27. The van der Waals surface area contributed by atoms with Crippen LogP contribution in [0.4, 0.5) is 11.4 Å². The van der Waals surface area contributed by atoms with Crippen LogP contribution in [0.2, 0.25) is 0 Å². The molecular formula is C45H51I2N6S3+. The van der Waals surface area contributed by atoms with Crippen molar-refractivity contribution < 1.29 is 4.58 Å². The lowest BCUT2D eigenvalue weighted by Crippen LogP contribution is -2.28. The number of para-hydroxylation sites is 1. The van der Waals surface area contributed by atoms with E-state index in [1.54, 1.807) is 11.8 Å². The fourth-order valence-electron chi connectivity index (χ4n) is 8.32. The zero-order chi connectivity index (χ0) is 39.5. The summed E-state index contributed by atoms with van der Waals surface area (Å²) < 4.78 is 6.96. The van der Waals surface area contributed by atoms with Gasteiger partial charge in [-0.15, -0.1) is 5.10 Å². The molecule has 292 valence electrons. The van der Waals surface area contributed by atoms with Crippen LogP contribution >= 0.6 is 82.2 Å². The number of thiol groups is 2. The molecule has 0 amide bonds. The summed E-state index contributed by atoms with van der Waals surface area (Å²) in [6.45, 7) is 11.5. The van der Waals surface area contributed by atoms with Crippen LogP contribution < -0.4 is 4.90 Å². The van der Waals surface area contributed by atoms with Crippen molar-refractivity contribution in [2.45, 2.75) is 88.6 Å². The number of thioether (sulfide) groups is 1. The first kappa shape index (κ1) is 41.8. The molecule has 0 fully saturated rings. The van der Waals surface area contributed by atoms with E-state index in [1.165, 1.54) is 57.1 Å². The van der Waals surface area contributed by atoms with Crippen molar-refractivity contribution in [1.29, 1.82) is 0 Å². The Morgan fingerprint density at radius 3 is 2.32 bits per heavy atom. The minimum Gasteiger partial charge on any atom is -0.344 e. The number of hydrogen-bond acceptors (Lipinski definition) is 7. The number of anilines is 1. The predicted molar refractivity (Wildman–Crippen MR) is 259 cm³/mol. The summed E-state index contributed by atoms with van der Waals surface area (Å²) in [5.41, 5.74) is 11.5. The van der Waals surface area contributed by atoms with Gasteiger partial charge < -0.3 is 4.90 Å². The van der Waals surface area contributed by atoms with Crippen molar-refractivity contribution in [1.82, 2.24) is 20.2 Å². The lowest BCUT2D eigenvalue weighted by atomic mass is 9.81. The van der Waals surface area contributed by atoms with Gasteiger partial charge in [-0.25, -0.2) is 0 Å². The molecule has 0 spiro atoms. The van der Waals surface area contributed by atoms with Crippen LogP contribution in [-0.2, 0) is 10.8 Å². The molecule has 0 atom stereocenters. The Labute approximate surface area is 375 Å². The summed E-state index contributed by atoms with van der Waals surface area (Å²) in [6.07, 6.45) is 17.1. The van der Waals surface area contributed by atoms with Gasteiger partial charge in [-0.3, -0.25) is 0 Å². The van der Waals surface area contributed by atoms with Gasteiger partial charge in [-0.2, -0.15) is 34.5 Å². The summed E-state index contributed by atoms with van der Waals surface area (Å²) in [7, 11) is 0. The molecule has 0 unspecified atom stereocenters. The second kappa shape index (κ2) is 18.3. The van der Waals surface area contributed by atoms with Crippen LogP contribution in [0.1, 0.15) is 83.8 Å². The lowest BCUT2D eigenvalue weighted by molar-refractivity contribution is -0.438. The quantitative estimate of drug-likeness (QED) is 0.0570. The van der Waals surface area contributed by atoms with E-state index in [1.807, 2.05) is 22.9 Å². The number of rotatable bonds is 14. The van der Waals surface area contributed by atoms with Gasteiger partial charge in [0, 0.05) is 59.5 Å². The number of benzene rings is 3. The summed E-state index contributed by atoms with van der Waals surface area (Å²) in [5, 5.41) is 13.9. The molecule has 6 nitrogen and oxygen atoms in total. The van der Waals surface area contributed by atoms with Gasteiger partial charge in [-0.05, 0) is 196 Å². The standard InChI is InChI=1S/C45H50I2N6S3/c1-44(2)36-29-33(46)19-21-38(36)51(25-8-10-27-54)40(44)23-17-31-13-12-14-32(42(31)56-43-48-49-50-53(43)35-15-6-5-7-16-35)18-24-41-45(3,4)37-30-34(47)20-22-39(37)52(41)26-9-11-28-55/h5-7,15-24,29-30H,8-14,25-28H2,1-4H3,(H-,54,55)/p+1. The topological polar surface area (TPSA) is 49.9 Å². The maximum absolute atomic E-state index is 4.58. The molecule has 0 saturated heterocycles. The van der Waals surface area contributed by atoms with Gasteiger partial charge in [0.05, 0.1) is 11.1 Å². The van der Waals surface area contributed by atoms with E-state index in [0.29, 0.717) is 0 Å². The number of halogens is 2. The van der Waals surface area contributed by atoms with E-state index >= 15 is 0 Å². The van der Waals surface area contributed by atoms with Gasteiger partial charge in [0.15, 0.2) is 5.71 Å². The highest BCUT2D eigenvalue weighted by Gasteiger charge is 2.44. The van der Waals surface area contributed by atoms with Crippen LogP contribution in [-0.4, -0.2) is 55.1 Å². The Kier molecular flexibility index (Phi) is 13.7. The van der Waals surface area contributed by atoms with Gasteiger partial charge in [0.1, 0.15) is 6.54 Å². The van der Waals surface area contributed by atoms with Crippen molar-refractivity contribution in [2.24, 2.45) is 0 Å². The number of unbranched alkanes of at least 4 members (excludes halogenated alkanes) is 2. The maximum atomic E-state index is 4.58. The highest BCUT2D eigenvalue weighted by atomic mass is 127. The Morgan fingerprint density at radius 2 is 1.55 bits per heavy atom. The van der Waals surface area contributed by atoms with Crippen LogP contribution in [0.25, 0.3) is 5.69 Å². The second-order valence-corrected chi connectivity index (χ2v) is 20.1. The van der Waals surface area contributed by atoms with Gasteiger partial charge in [0.25, 0.3) is 0 Å². The maximum Gasteiger partial charge on any atom is 0.218 e. The van der Waals surface area contributed by atoms with Gasteiger partial charge in [0.2, 0.25) is 10.8 Å². The SMILES string of the molecule is CC1(C)C(/C=C/C2=C(Sc3nnnn3-c3ccccc3)C(=C/C=C3/N(CCCCS)c4ccc(I)cc4C3(C)C)/CCC2)=[N+](CCCCS)c2ccc(I)cc21. The monoisotopic (exact) mass is 1030 g/mol. The molecular weight excluding hydrogens is 975 g/mol. The minimum absolute atomic E-state index is 0.131. The van der Waals surface area contributed by atoms with E-state index in [9.17, 15) is 0 Å². The molecule has 1 aromatic heterocycles. The smallest absolute Gasteiger partial charge is 0.218 e. The van der Waals surface area contributed by atoms with Crippen LogP contribution in [0.5, 0.6) is 0 Å². The molecule has 56 heavy (non-hydrogen) atoms. The fraction of sp³-hybridized carbons (Fsp3) is 0.378. The number of allylic oxidation sites excluding steroid dienone is 7. The number of aromatic nitrogens is 4. The first-order valence-electron chi connectivity index (χ1n) is 19.6. The molecule has 3 aromatic carbocycles. The number of hydrogen-bond donors (Lipinski definition) is 2.